The molecule has 1 aromatic rings. The summed E-state index contributed by atoms with van der Waals surface area (Å²) in [5.74, 6) is 4.61. The van der Waals surface area contributed by atoms with E-state index >= 15 is 0 Å². The van der Waals surface area contributed by atoms with Crippen molar-refractivity contribution in [3.05, 3.63) is 29.3 Å². The summed E-state index contributed by atoms with van der Waals surface area (Å²) in [6.07, 6.45) is 0. The van der Waals surface area contributed by atoms with E-state index in [1.165, 1.54) is 13.2 Å². The van der Waals surface area contributed by atoms with Crippen molar-refractivity contribution in [2.75, 3.05) is 19.5 Å². The number of hydrogen-bond acceptors (Lipinski definition) is 4. The molecule has 0 fully saturated rings. The van der Waals surface area contributed by atoms with Crippen LogP contribution in [0, 0.1) is 11.8 Å². The molecule has 3 N–H and O–H groups in total. The van der Waals surface area contributed by atoms with Crippen LogP contribution in [0.3, 0.4) is 0 Å². The minimum Gasteiger partial charge on any atom is -0.465 e. The molecule has 0 atom stereocenters. The first-order valence-electron chi connectivity index (χ1n) is 4.26. The highest BCUT2D eigenvalue weighted by Gasteiger charge is 2.10. The summed E-state index contributed by atoms with van der Waals surface area (Å²) in [7, 11) is 1.29. The lowest BCUT2D eigenvalue weighted by Gasteiger charge is -2.03. The molecule has 4 heteroatoms. The summed E-state index contributed by atoms with van der Waals surface area (Å²) in [5, 5.41) is 8.55. The molecule has 1 rings (SSSR count). The van der Waals surface area contributed by atoms with Crippen LogP contribution < -0.4 is 5.73 Å². The molecule has 0 radical (unpaired) electrons. The van der Waals surface area contributed by atoms with Crippen molar-refractivity contribution in [2.45, 2.75) is 0 Å². The SMILES string of the molecule is COC(=O)c1cc(N)ccc1C#CCO. The lowest BCUT2D eigenvalue weighted by atomic mass is 10.1. The van der Waals surface area contributed by atoms with Gasteiger partial charge in [0.1, 0.15) is 6.61 Å². The summed E-state index contributed by atoms with van der Waals surface area (Å²) < 4.78 is 4.59. The van der Waals surface area contributed by atoms with E-state index in [-0.39, 0.29) is 6.61 Å². The van der Waals surface area contributed by atoms with Gasteiger partial charge in [0.2, 0.25) is 0 Å². The highest BCUT2D eigenvalue weighted by Crippen LogP contribution is 2.13. The van der Waals surface area contributed by atoms with Gasteiger partial charge in [-0.2, -0.15) is 0 Å². The van der Waals surface area contributed by atoms with Gasteiger partial charge in [0, 0.05) is 11.3 Å². The second-order valence-corrected chi connectivity index (χ2v) is 2.76. The van der Waals surface area contributed by atoms with Crippen LogP contribution in [0.15, 0.2) is 18.2 Å². The van der Waals surface area contributed by atoms with Crippen LogP contribution in [-0.2, 0) is 4.74 Å². The fraction of sp³-hybridized carbons (Fsp3) is 0.182. The fourth-order valence-electron chi connectivity index (χ4n) is 1.08. The zero-order valence-corrected chi connectivity index (χ0v) is 8.28. The normalized spacial score (nSPS) is 8.93. The zero-order valence-electron chi connectivity index (χ0n) is 8.28. The molecule has 15 heavy (non-hydrogen) atoms. The number of nitrogens with two attached hydrogens (primary N) is 1. The number of nitrogen functional groups attached to an aromatic ring is 1. The number of aliphatic hydroxyl groups excluding tert-OH is 1. The van der Waals surface area contributed by atoms with E-state index in [2.05, 4.69) is 16.6 Å². The second kappa shape index (κ2) is 5.03. The van der Waals surface area contributed by atoms with Crippen molar-refractivity contribution >= 4 is 11.7 Å². The summed E-state index contributed by atoms with van der Waals surface area (Å²) >= 11 is 0. The van der Waals surface area contributed by atoms with Gasteiger partial charge in [-0.25, -0.2) is 4.79 Å². The summed E-state index contributed by atoms with van der Waals surface area (Å²) in [4.78, 5) is 11.3. The molecule has 4 nitrogen and oxygen atoms in total. The number of ether oxygens (including phenoxy) is 1. The van der Waals surface area contributed by atoms with Gasteiger partial charge in [0.05, 0.1) is 12.7 Å². The third-order valence-electron chi connectivity index (χ3n) is 1.75. The molecule has 0 saturated carbocycles. The molecule has 0 spiro atoms. The van der Waals surface area contributed by atoms with Crippen LogP contribution in [0.5, 0.6) is 0 Å². The van der Waals surface area contributed by atoms with E-state index in [1.54, 1.807) is 12.1 Å². The number of benzene rings is 1. The van der Waals surface area contributed by atoms with Gasteiger partial charge in [-0.05, 0) is 18.2 Å². The largest absolute Gasteiger partial charge is 0.465 e. The minimum atomic E-state index is -0.496. The quantitative estimate of drug-likeness (QED) is 0.395. The van der Waals surface area contributed by atoms with Crippen molar-refractivity contribution in [1.82, 2.24) is 0 Å². The predicted molar refractivity (Wildman–Crippen MR) is 56.2 cm³/mol. The molecule has 0 saturated heterocycles. The number of carbonyl (C=O) groups excluding carboxylic acids is 1. The first kappa shape index (κ1) is 11.1. The average Bonchev–Trinajstić information content (AvgIpc) is 2.26. The van der Waals surface area contributed by atoms with Gasteiger partial charge in [-0.15, -0.1) is 0 Å². The molecule has 0 aliphatic rings. The first-order chi connectivity index (χ1) is 7.19. The number of esters is 1. The van der Waals surface area contributed by atoms with Gasteiger partial charge in [-0.3, -0.25) is 0 Å². The van der Waals surface area contributed by atoms with Crippen LogP contribution in [0.25, 0.3) is 0 Å². The zero-order chi connectivity index (χ0) is 11.3. The highest BCUT2D eigenvalue weighted by molar-refractivity contribution is 5.93. The number of methoxy groups -OCH3 is 1. The van der Waals surface area contributed by atoms with Crippen molar-refractivity contribution in [3.8, 4) is 11.8 Å². The molecular weight excluding hydrogens is 194 g/mol. The van der Waals surface area contributed by atoms with E-state index in [0.29, 0.717) is 16.8 Å². The van der Waals surface area contributed by atoms with Crippen molar-refractivity contribution in [1.29, 1.82) is 0 Å². The number of anilines is 1. The second-order valence-electron chi connectivity index (χ2n) is 2.76. The molecule has 0 unspecified atom stereocenters. The van der Waals surface area contributed by atoms with Gasteiger partial charge in [-0.1, -0.05) is 11.8 Å². The van der Waals surface area contributed by atoms with E-state index in [4.69, 9.17) is 10.8 Å². The molecule has 78 valence electrons. The Morgan fingerprint density at radius 1 is 1.60 bits per heavy atom. The summed E-state index contributed by atoms with van der Waals surface area (Å²) in [5.41, 5.74) is 6.80. The van der Waals surface area contributed by atoms with Gasteiger partial charge >= 0.3 is 5.97 Å². The van der Waals surface area contributed by atoms with Crippen LogP contribution in [-0.4, -0.2) is 24.8 Å². The van der Waals surface area contributed by atoms with Gasteiger partial charge in [0.15, 0.2) is 0 Å². The third-order valence-corrected chi connectivity index (χ3v) is 1.75. The monoisotopic (exact) mass is 205 g/mol. The van der Waals surface area contributed by atoms with E-state index < -0.39 is 5.97 Å². The fourth-order valence-corrected chi connectivity index (χ4v) is 1.08. The maximum atomic E-state index is 11.3. The number of hydrogen-bond donors (Lipinski definition) is 2. The Kier molecular flexibility index (Phi) is 3.72. The Hall–Kier alpha value is -1.99. The third kappa shape index (κ3) is 2.73. The Balaban J connectivity index is 3.20. The Labute approximate surface area is 87.7 Å². The maximum Gasteiger partial charge on any atom is 0.339 e. The molecule has 1 aromatic carbocycles. The summed E-state index contributed by atoms with van der Waals surface area (Å²) in [6, 6.07) is 4.74. The van der Waals surface area contributed by atoms with E-state index in [0.717, 1.165) is 0 Å². The van der Waals surface area contributed by atoms with Crippen molar-refractivity contribution in [2.24, 2.45) is 0 Å². The average molecular weight is 205 g/mol. The topological polar surface area (TPSA) is 72.5 Å². The number of rotatable bonds is 1. The Morgan fingerprint density at radius 3 is 2.93 bits per heavy atom. The van der Waals surface area contributed by atoms with Crippen LogP contribution in [0.2, 0.25) is 0 Å². The summed E-state index contributed by atoms with van der Waals surface area (Å²) in [6.45, 7) is -0.259. The van der Waals surface area contributed by atoms with E-state index in [9.17, 15) is 4.79 Å². The van der Waals surface area contributed by atoms with Crippen LogP contribution in [0.1, 0.15) is 15.9 Å². The van der Waals surface area contributed by atoms with E-state index in [1.807, 2.05) is 0 Å². The van der Waals surface area contributed by atoms with Crippen molar-refractivity contribution in [3.63, 3.8) is 0 Å². The molecule has 0 aromatic heterocycles. The molecule has 0 aliphatic heterocycles. The molecule has 0 amide bonds. The lowest BCUT2D eigenvalue weighted by molar-refractivity contribution is 0.0600. The molecule has 0 aliphatic carbocycles. The predicted octanol–water partition coefficient (Wildman–Crippen LogP) is 0.399. The molecule has 0 bridgehead atoms. The first-order valence-corrected chi connectivity index (χ1v) is 4.26. The van der Waals surface area contributed by atoms with Crippen molar-refractivity contribution < 1.29 is 14.6 Å². The molecule has 0 heterocycles. The Bertz CT molecular complexity index is 429. The number of carbonyl (C=O) groups is 1. The highest BCUT2D eigenvalue weighted by atomic mass is 16.5. The Morgan fingerprint density at radius 2 is 2.33 bits per heavy atom. The van der Waals surface area contributed by atoms with Gasteiger partial charge < -0.3 is 15.6 Å². The van der Waals surface area contributed by atoms with Gasteiger partial charge in [0.25, 0.3) is 0 Å². The van der Waals surface area contributed by atoms with Crippen LogP contribution >= 0.6 is 0 Å². The minimum absolute atomic E-state index is 0.259. The lowest BCUT2D eigenvalue weighted by Crippen LogP contribution is -2.05. The standard InChI is InChI=1S/C11H11NO3/c1-15-11(14)10-7-9(12)5-4-8(10)3-2-6-13/h4-5,7,13H,6,12H2,1H3. The number of aliphatic hydroxyl groups is 1. The maximum absolute atomic E-state index is 11.3. The smallest absolute Gasteiger partial charge is 0.339 e. The van der Waals surface area contributed by atoms with Crippen LogP contribution in [0.4, 0.5) is 5.69 Å². The molecular formula is C11H11NO3.